The van der Waals surface area contributed by atoms with Gasteiger partial charge < -0.3 is 4.74 Å². The Morgan fingerprint density at radius 3 is 2.44 bits per heavy atom. The third-order valence-electron chi connectivity index (χ3n) is 6.72. The Morgan fingerprint density at radius 2 is 1.75 bits per heavy atom. The van der Waals surface area contributed by atoms with E-state index in [1.165, 1.54) is 5.69 Å². The highest BCUT2D eigenvalue weighted by Crippen LogP contribution is 2.32. The molecule has 6 rings (SSSR count). The maximum absolute atomic E-state index is 5.35. The molecule has 1 unspecified atom stereocenters. The summed E-state index contributed by atoms with van der Waals surface area (Å²) >= 11 is 0. The van der Waals surface area contributed by atoms with Gasteiger partial charge in [-0.2, -0.15) is 10.2 Å². The number of aromatic nitrogens is 8. The van der Waals surface area contributed by atoms with E-state index in [2.05, 4.69) is 21.8 Å². The Bertz CT molecular complexity index is 1530. The van der Waals surface area contributed by atoms with Gasteiger partial charge in [-0.1, -0.05) is 6.92 Å². The van der Waals surface area contributed by atoms with E-state index in [0.717, 1.165) is 59.3 Å². The first kappa shape index (κ1) is 22.2. The zero-order chi connectivity index (χ0) is 24.8. The molecule has 182 valence electrons. The zero-order valence-corrected chi connectivity index (χ0v) is 20.9. The Morgan fingerprint density at radius 1 is 0.944 bits per heavy atom. The molecule has 36 heavy (non-hydrogen) atoms. The SMILES string of the molecule is COc1ccc(-n2nc(-c3ccc(-n4nc(C)cc4C)cn3)nc2-c2cnn3c2CC(C)CC3)cc1. The number of rotatable bonds is 5. The van der Waals surface area contributed by atoms with E-state index >= 15 is 0 Å². The Labute approximate surface area is 209 Å². The van der Waals surface area contributed by atoms with Crippen molar-refractivity contribution in [3.63, 3.8) is 0 Å². The second-order valence-corrected chi connectivity index (χ2v) is 9.44. The highest BCUT2D eigenvalue weighted by Gasteiger charge is 2.25. The Hall–Kier alpha value is -4.27. The van der Waals surface area contributed by atoms with Crippen LogP contribution in [0, 0.1) is 19.8 Å². The summed E-state index contributed by atoms with van der Waals surface area (Å²) in [6.07, 6.45) is 5.83. The van der Waals surface area contributed by atoms with Gasteiger partial charge in [0.25, 0.3) is 0 Å². The molecule has 0 N–H and O–H groups in total. The van der Waals surface area contributed by atoms with Crippen LogP contribution in [0.15, 0.2) is 54.9 Å². The van der Waals surface area contributed by atoms with Crippen LogP contribution in [-0.4, -0.2) is 46.4 Å². The normalized spacial score (nSPS) is 15.2. The molecule has 0 radical (unpaired) electrons. The molecule has 1 atom stereocenters. The molecular formula is C27H28N8O. The summed E-state index contributed by atoms with van der Waals surface area (Å²) in [7, 11) is 1.66. The average molecular weight is 481 g/mol. The van der Waals surface area contributed by atoms with E-state index in [1.54, 1.807) is 7.11 Å². The topological polar surface area (TPSA) is 88.5 Å². The minimum absolute atomic E-state index is 0.560. The van der Waals surface area contributed by atoms with E-state index in [0.29, 0.717) is 17.4 Å². The van der Waals surface area contributed by atoms with Crippen molar-refractivity contribution in [2.24, 2.45) is 5.92 Å². The van der Waals surface area contributed by atoms with E-state index in [-0.39, 0.29) is 0 Å². The van der Waals surface area contributed by atoms with Gasteiger partial charge in [0.1, 0.15) is 11.4 Å². The minimum Gasteiger partial charge on any atom is -0.497 e. The summed E-state index contributed by atoms with van der Waals surface area (Å²) in [6, 6.07) is 13.8. The molecule has 5 aromatic rings. The van der Waals surface area contributed by atoms with Gasteiger partial charge in [0.05, 0.1) is 42.1 Å². The molecule has 4 aromatic heterocycles. The van der Waals surface area contributed by atoms with E-state index in [4.69, 9.17) is 19.8 Å². The lowest BCUT2D eigenvalue weighted by Crippen LogP contribution is -2.18. The van der Waals surface area contributed by atoms with Gasteiger partial charge in [-0.05, 0) is 75.1 Å². The quantitative estimate of drug-likeness (QED) is 0.366. The Kier molecular flexibility index (Phi) is 5.40. The number of fused-ring (bicyclic) bond motifs is 1. The van der Waals surface area contributed by atoms with E-state index < -0.39 is 0 Å². The molecule has 0 spiro atoms. The molecule has 9 heteroatoms. The number of ether oxygens (including phenoxy) is 1. The summed E-state index contributed by atoms with van der Waals surface area (Å²) in [5, 5.41) is 14.1. The first-order chi connectivity index (χ1) is 17.5. The number of nitrogens with zero attached hydrogens (tertiary/aromatic N) is 8. The standard InChI is InChI=1S/C27H28N8O/c1-17-11-12-33-25(13-17)23(16-29-33)27-30-26(32-35(27)20-5-8-22(36-4)9-6-20)24-10-7-21(15-28-24)34-19(3)14-18(2)31-34/h5-10,14-17H,11-13H2,1-4H3. The monoisotopic (exact) mass is 480 g/mol. The van der Waals surface area contributed by atoms with Gasteiger partial charge in [-0.3, -0.25) is 9.67 Å². The van der Waals surface area contributed by atoms with E-state index in [9.17, 15) is 0 Å². The second-order valence-electron chi connectivity index (χ2n) is 9.44. The van der Waals surface area contributed by atoms with Crippen molar-refractivity contribution in [1.29, 1.82) is 0 Å². The predicted molar refractivity (Wildman–Crippen MR) is 136 cm³/mol. The third-order valence-corrected chi connectivity index (χ3v) is 6.72. The van der Waals surface area contributed by atoms with Crippen LogP contribution in [0.5, 0.6) is 5.75 Å². The van der Waals surface area contributed by atoms with Crippen LogP contribution in [0.3, 0.4) is 0 Å². The van der Waals surface area contributed by atoms with Gasteiger partial charge in [-0.25, -0.2) is 14.3 Å². The largest absolute Gasteiger partial charge is 0.497 e. The summed E-state index contributed by atoms with van der Waals surface area (Å²) in [6.45, 7) is 7.23. The first-order valence-electron chi connectivity index (χ1n) is 12.2. The van der Waals surface area contributed by atoms with Crippen molar-refractivity contribution in [3.8, 4) is 40.0 Å². The molecule has 5 heterocycles. The molecule has 0 bridgehead atoms. The lowest BCUT2D eigenvalue weighted by Gasteiger charge is -2.20. The van der Waals surface area contributed by atoms with Crippen molar-refractivity contribution in [3.05, 3.63) is 71.9 Å². The number of methoxy groups -OCH3 is 1. The van der Waals surface area contributed by atoms with Gasteiger partial charge in [0, 0.05) is 17.9 Å². The second kappa shape index (κ2) is 8.75. The number of aryl methyl sites for hydroxylation is 3. The molecule has 1 aliphatic rings. The molecule has 0 amide bonds. The molecular weight excluding hydrogens is 452 g/mol. The Balaban J connectivity index is 1.44. The van der Waals surface area contributed by atoms with Gasteiger partial charge >= 0.3 is 0 Å². The van der Waals surface area contributed by atoms with Crippen molar-refractivity contribution in [1.82, 2.24) is 39.3 Å². The van der Waals surface area contributed by atoms with Crippen LogP contribution in [-0.2, 0) is 13.0 Å². The van der Waals surface area contributed by atoms with Crippen molar-refractivity contribution in [2.45, 2.75) is 40.2 Å². The molecule has 1 aromatic carbocycles. The van der Waals surface area contributed by atoms with Crippen LogP contribution in [0.2, 0.25) is 0 Å². The number of pyridine rings is 1. The first-order valence-corrected chi connectivity index (χ1v) is 12.2. The van der Waals surface area contributed by atoms with Crippen LogP contribution in [0.25, 0.3) is 34.3 Å². The number of hydrogen-bond donors (Lipinski definition) is 0. The highest BCUT2D eigenvalue weighted by atomic mass is 16.5. The smallest absolute Gasteiger partial charge is 0.200 e. The third kappa shape index (κ3) is 3.86. The summed E-state index contributed by atoms with van der Waals surface area (Å²) in [5.41, 5.74) is 6.74. The molecule has 0 saturated heterocycles. The predicted octanol–water partition coefficient (Wildman–Crippen LogP) is 4.59. The molecule has 0 saturated carbocycles. The van der Waals surface area contributed by atoms with Crippen molar-refractivity contribution in [2.75, 3.05) is 7.11 Å². The molecule has 9 nitrogen and oxygen atoms in total. The molecule has 1 aliphatic heterocycles. The van der Waals surface area contributed by atoms with Crippen LogP contribution in [0.4, 0.5) is 0 Å². The fourth-order valence-electron chi connectivity index (χ4n) is 4.81. The lowest BCUT2D eigenvalue weighted by atomic mass is 9.96. The van der Waals surface area contributed by atoms with Crippen LogP contribution < -0.4 is 4.74 Å². The van der Waals surface area contributed by atoms with Gasteiger partial charge in [0.15, 0.2) is 5.82 Å². The fraction of sp³-hybridized carbons (Fsp3) is 0.296. The average Bonchev–Trinajstić information content (AvgIpc) is 3.60. The van der Waals surface area contributed by atoms with Crippen LogP contribution >= 0.6 is 0 Å². The van der Waals surface area contributed by atoms with Crippen molar-refractivity contribution >= 4 is 0 Å². The summed E-state index contributed by atoms with van der Waals surface area (Å²) in [5.74, 6) is 2.71. The van der Waals surface area contributed by atoms with Gasteiger partial charge in [0.2, 0.25) is 5.82 Å². The zero-order valence-electron chi connectivity index (χ0n) is 20.9. The maximum Gasteiger partial charge on any atom is 0.200 e. The summed E-state index contributed by atoms with van der Waals surface area (Å²) in [4.78, 5) is 9.67. The van der Waals surface area contributed by atoms with Crippen molar-refractivity contribution < 1.29 is 4.74 Å². The number of hydrogen-bond acceptors (Lipinski definition) is 6. The van der Waals surface area contributed by atoms with Crippen LogP contribution in [0.1, 0.15) is 30.4 Å². The summed E-state index contributed by atoms with van der Waals surface area (Å²) < 4.78 is 11.2. The lowest BCUT2D eigenvalue weighted by molar-refractivity contribution is 0.392. The minimum atomic E-state index is 0.560. The molecule has 0 fully saturated rings. The van der Waals surface area contributed by atoms with Gasteiger partial charge in [-0.15, -0.1) is 5.10 Å². The number of benzene rings is 1. The maximum atomic E-state index is 5.35. The van der Waals surface area contributed by atoms with E-state index in [1.807, 2.05) is 78.1 Å². The highest BCUT2D eigenvalue weighted by molar-refractivity contribution is 5.64. The molecule has 0 aliphatic carbocycles. The fourth-order valence-corrected chi connectivity index (χ4v) is 4.81.